The van der Waals surface area contributed by atoms with Crippen LogP contribution < -0.4 is 15.5 Å². The van der Waals surface area contributed by atoms with E-state index in [0.717, 1.165) is 17.2 Å². The Balaban J connectivity index is 1.97. The summed E-state index contributed by atoms with van der Waals surface area (Å²) in [7, 11) is 1.84. The number of anilines is 4. The second-order valence-corrected chi connectivity index (χ2v) is 4.73. The first-order chi connectivity index (χ1) is 9.63. The number of likely N-dealkylation sites (N-methyl/N-ethyl adjacent to an activating group) is 1. The summed E-state index contributed by atoms with van der Waals surface area (Å²) in [5.74, 6) is 1.21. The molecule has 6 nitrogen and oxygen atoms in total. The number of hydrogen-bond acceptors (Lipinski definition) is 5. The molecule has 20 heavy (non-hydrogen) atoms. The topological polar surface area (TPSA) is 70.1 Å². The Morgan fingerprint density at radius 3 is 2.75 bits per heavy atom. The van der Waals surface area contributed by atoms with Gasteiger partial charge >= 0.3 is 0 Å². The van der Waals surface area contributed by atoms with E-state index in [-0.39, 0.29) is 5.91 Å². The van der Waals surface area contributed by atoms with E-state index in [2.05, 4.69) is 20.6 Å². The molecule has 0 radical (unpaired) electrons. The molecule has 2 heterocycles. The van der Waals surface area contributed by atoms with Crippen LogP contribution in [0.1, 0.15) is 5.69 Å². The Labute approximate surface area is 116 Å². The van der Waals surface area contributed by atoms with E-state index in [1.165, 1.54) is 0 Å². The van der Waals surface area contributed by atoms with Crippen LogP contribution in [0.25, 0.3) is 0 Å². The van der Waals surface area contributed by atoms with E-state index in [1.54, 1.807) is 0 Å². The van der Waals surface area contributed by atoms with E-state index < -0.39 is 0 Å². The average molecular weight is 269 g/mol. The number of para-hydroxylation sites is 1. The minimum absolute atomic E-state index is 0.0459. The molecule has 2 aromatic rings. The minimum Gasteiger partial charge on any atom is -0.348 e. The third-order valence-electron chi connectivity index (χ3n) is 3.11. The van der Waals surface area contributed by atoms with Gasteiger partial charge in [0.1, 0.15) is 5.69 Å². The summed E-state index contributed by atoms with van der Waals surface area (Å²) in [4.78, 5) is 22.2. The zero-order valence-corrected chi connectivity index (χ0v) is 11.3. The van der Waals surface area contributed by atoms with Crippen molar-refractivity contribution >= 4 is 29.0 Å². The Hall–Kier alpha value is -2.63. The normalized spacial score (nSPS) is 13.7. The molecule has 1 aromatic heterocycles. The van der Waals surface area contributed by atoms with Crippen molar-refractivity contribution in [3.63, 3.8) is 0 Å². The molecule has 1 amide bonds. The number of benzene rings is 1. The van der Waals surface area contributed by atoms with Crippen LogP contribution >= 0.6 is 0 Å². The lowest BCUT2D eigenvalue weighted by atomic mass is 10.2. The monoisotopic (exact) mass is 269 g/mol. The molecule has 1 aromatic carbocycles. The molecule has 0 bridgehead atoms. The molecule has 1 aliphatic rings. The fourth-order valence-electron chi connectivity index (χ4n) is 2.16. The van der Waals surface area contributed by atoms with Gasteiger partial charge in [0, 0.05) is 12.7 Å². The van der Waals surface area contributed by atoms with Crippen LogP contribution in [0.5, 0.6) is 0 Å². The summed E-state index contributed by atoms with van der Waals surface area (Å²) in [5.41, 5.74) is 2.35. The van der Waals surface area contributed by atoms with Crippen molar-refractivity contribution in [2.45, 2.75) is 6.92 Å². The summed E-state index contributed by atoms with van der Waals surface area (Å²) in [6.45, 7) is 2.16. The van der Waals surface area contributed by atoms with E-state index in [4.69, 9.17) is 0 Å². The summed E-state index contributed by atoms with van der Waals surface area (Å²) in [6, 6.07) is 9.74. The molecule has 0 saturated heterocycles. The number of rotatable bonds is 2. The Bertz CT molecular complexity index is 656. The molecule has 0 atom stereocenters. The van der Waals surface area contributed by atoms with Crippen molar-refractivity contribution in [1.29, 1.82) is 0 Å². The van der Waals surface area contributed by atoms with Gasteiger partial charge in [-0.25, -0.2) is 4.98 Å². The molecule has 2 N–H and O–H groups in total. The standard InChI is InChI=1S/C14H15N5O/c1-9-12-13(19(2)8-11(20)17-12)18-14(15-9)16-10-6-4-3-5-7-10/h3-7H,8H2,1-2H3,(H,17,20)(H,15,16,18). The fourth-order valence-corrected chi connectivity index (χ4v) is 2.16. The van der Waals surface area contributed by atoms with Crippen LogP contribution in [0, 0.1) is 6.92 Å². The lowest BCUT2D eigenvalue weighted by Gasteiger charge is -2.27. The fraction of sp³-hybridized carbons (Fsp3) is 0.214. The molecule has 0 unspecified atom stereocenters. The number of carbonyl (C=O) groups excluding carboxylic acids is 1. The highest BCUT2D eigenvalue weighted by molar-refractivity contribution is 6.00. The van der Waals surface area contributed by atoms with Gasteiger partial charge in [0.05, 0.1) is 12.2 Å². The van der Waals surface area contributed by atoms with Gasteiger partial charge in [0.25, 0.3) is 0 Å². The van der Waals surface area contributed by atoms with Crippen molar-refractivity contribution in [3.05, 3.63) is 36.0 Å². The van der Waals surface area contributed by atoms with Crippen molar-refractivity contribution in [2.24, 2.45) is 0 Å². The smallest absolute Gasteiger partial charge is 0.244 e. The van der Waals surface area contributed by atoms with E-state index in [9.17, 15) is 4.79 Å². The van der Waals surface area contributed by atoms with Crippen LogP contribution in [0.2, 0.25) is 0 Å². The number of nitrogens with one attached hydrogen (secondary N) is 2. The van der Waals surface area contributed by atoms with Gasteiger partial charge in [-0.15, -0.1) is 0 Å². The van der Waals surface area contributed by atoms with Crippen molar-refractivity contribution in [1.82, 2.24) is 9.97 Å². The van der Waals surface area contributed by atoms with E-state index in [1.807, 2.05) is 49.2 Å². The quantitative estimate of drug-likeness (QED) is 0.871. The molecular formula is C14H15N5O. The van der Waals surface area contributed by atoms with Gasteiger partial charge in [-0.05, 0) is 19.1 Å². The van der Waals surface area contributed by atoms with Crippen molar-refractivity contribution in [2.75, 3.05) is 29.1 Å². The minimum atomic E-state index is -0.0459. The summed E-state index contributed by atoms with van der Waals surface area (Å²) >= 11 is 0. The van der Waals surface area contributed by atoms with Gasteiger partial charge in [-0.1, -0.05) is 18.2 Å². The number of amides is 1. The van der Waals surface area contributed by atoms with Gasteiger partial charge in [-0.3, -0.25) is 4.79 Å². The SMILES string of the molecule is Cc1nc(Nc2ccccc2)nc2c1NC(=O)CN2C. The first-order valence-corrected chi connectivity index (χ1v) is 6.35. The molecule has 0 spiro atoms. The third-order valence-corrected chi connectivity index (χ3v) is 3.11. The second kappa shape index (κ2) is 4.80. The first-order valence-electron chi connectivity index (χ1n) is 6.35. The lowest BCUT2D eigenvalue weighted by molar-refractivity contribution is -0.115. The molecule has 1 aliphatic heterocycles. The maximum atomic E-state index is 11.5. The first kappa shape index (κ1) is 12.4. The van der Waals surface area contributed by atoms with Crippen molar-refractivity contribution in [3.8, 4) is 0 Å². The number of aryl methyl sites for hydroxylation is 1. The molecule has 102 valence electrons. The molecule has 0 saturated carbocycles. The van der Waals surface area contributed by atoms with Gasteiger partial charge < -0.3 is 15.5 Å². The number of fused-ring (bicyclic) bond motifs is 1. The third kappa shape index (κ3) is 2.27. The summed E-state index contributed by atoms with van der Waals surface area (Å²) < 4.78 is 0. The maximum absolute atomic E-state index is 11.5. The van der Waals surface area contributed by atoms with Crippen LogP contribution in [0.3, 0.4) is 0 Å². The molecular weight excluding hydrogens is 254 g/mol. The van der Waals surface area contributed by atoms with Gasteiger partial charge in [0.15, 0.2) is 5.82 Å². The summed E-state index contributed by atoms with van der Waals surface area (Å²) in [5, 5.41) is 5.98. The average Bonchev–Trinajstić information content (AvgIpc) is 2.41. The highest BCUT2D eigenvalue weighted by Gasteiger charge is 2.23. The zero-order valence-electron chi connectivity index (χ0n) is 11.3. The lowest BCUT2D eigenvalue weighted by Crippen LogP contribution is -2.36. The van der Waals surface area contributed by atoms with Crippen LogP contribution in [-0.2, 0) is 4.79 Å². The second-order valence-electron chi connectivity index (χ2n) is 4.73. The van der Waals surface area contributed by atoms with Gasteiger partial charge in [0.2, 0.25) is 11.9 Å². The molecule has 0 fully saturated rings. The Morgan fingerprint density at radius 2 is 2.00 bits per heavy atom. The van der Waals surface area contributed by atoms with Crippen LogP contribution in [0.4, 0.5) is 23.1 Å². The predicted molar refractivity (Wildman–Crippen MR) is 78.4 cm³/mol. The predicted octanol–water partition coefficient (Wildman–Crippen LogP) is 1.92. The molecule has 3 rings (SSSR count). The Kier molecular flexibility index (Phi) is 2.98. The largest absolute Gasteiger partial charge is 0.348 e. The number of nitrogens with zero attached hydrogens (tertiary/aromatic N) is 3. The zero-order chi connectivity index (χ0) is 14.1. The highest BCUT2D eigenvalue weighted by atomic mass is 16.2. The van der Waals surface area contributed by atoms with Gasteiger partial charge in [-0.2, -0.15) is 4.98 Å². The number of hydrogen-bond donors (Lipinski definition) is 2. The number of aromatic nitrogens is 2. The van der Waals surface area contributed by atoms with E-state index >= 15 is 0 Å². The molecule has 6 heteroatoms. The van der Waals surface area contributed by atoms with Crippen LogP contribution in [-0.4, -0.2) is 29.5 Å². The highest BCUT2D eigenvalue weighted by Crippen LogP contribution is 2.30. The molecule has 0 aliphatic carbocycles. The van der Waals surface area contributed by atoms with Crippen molar-refractivity contribution < 1.29 is 4.79 Å². The summed E-state index contributed by atoms with van der Waals surface area (Å²) in [6.07, 6.45) is 0. The maximum Gasteiger partial charge on any atom is 0.244 e. The van der Waals surface area contributed by atoms with E-state index in [0.29, 0.717) is 18.2 Å². The number of carbonyl (C=O) groups is 1. The van der Waals surface area contributed by atoms with Crippen LogP contribution in [0.15, 0.2) is 30.3 Å². The Morgan fingerprint density at radius 1 is 1.25 bits per heavy atom.